The zero-order valence-corrected chi connectivity index (χ0v) is 22.9. The Morgan fingerprint density at radius 3 is 2.62 bits per heavy atom. The number of hydrogen-bond donors (Lipinski definition) is 1. The van der Waals surface area contributed by atoms with Crippen molar-refractivity contribution in [1.29, 1.82) is 0 Å². The SMILES string of the molecule is O=C([C@@H]1CNC[C@]12CCOc1c(OCC(F)(F)F)cccc12)N1CC[C@@H](c2ccccc2)C[C@H]1C1CCCCC1. The minimum Gasteiger partial charge on any atom is -0.489 e. The molecular weight excluding hydrogens is 517 g/mol. The van der Waals surface area contributed by atoms with E-state index in [2.05, 4.69) is 40.5 Å². The van der Waals surface area contributed by atoms with Crippen LogP contribution in [0, 0.1) is 11.8 Å². The predicted octanol–water partition coefficient (Wildman–Crippen LogP) is 6.22. The largest absolute Gasteiger partial charge is 0.489 e. The smallest absolute Gasteiger partial charge is 0.422 e. The minimum absolute atomic E-state index is 0.0933. The van der Waals surface area contributed by atoms with Gasteiger partial charge < -0.3 is 19.7 Å². The third kappa shape index (κ3) is 5.31. The van der Waals surface area contributed by atoms with Crippen LogP contribution in [0.2, 0.25) is 0 Å². The summed E-state index contributed by atoms with van der Waals surface area (Å²) in [4.78, 5) is 16.8. The summed E-state index contributed by atoms with van der Waals surface area (Å²) in [5.74, 6) is 1.29. The van der Waals surface area contributed by atoms with Gasteiger partial charge in [0.2, 0.25) is 5.91 Å². The van der Waals surface area contributed by atoms with Gasteiger partial charge in [0, 0.05) is 36.7 Å². The van der Waals surface area contributed by atoms with Crippen LogP contribution >= 0.6 is 0 Å². The monoisotopic (exact) mass is 556 g/mol. The Bertz CT molecular complexity index is 1180. The number of halogens is 3. The Morgan fingerprint density at radius 2 is 1.85 bits per heavy atom. The molecule has 8 heteroatoms. The minimum atomic E-state index is -4.44. The summed E-state index contributed by atoms with van der Waals surface area (Å²) >= 11 is 0. The molecule has 2 aromatic carbocycles. The van der Waals surface area contributed by atoms with E-state index in [1.165, 1.54) is 43.7 Å². The van der Waals surface area contributed by atoms with Crippen LogP contribution in [0.15, 0.2) is 48.5 Å². The molecule has 1 amide bonds. The van der Waals surface area contributed by atoms with E-state index in [-0.39, 0.29) is 23.6 Å². The van der Waals surface area contributed by atoms with Crippen LogP contribution in [0.3, 0.4) is 0 Å². The second-order valence-corrected chi connectivity index (χ2v) is 12.1. The molecule has 0 unspecified atom stereocenters. The van der Waals surface area contributed by atoms with Crippen molar-refractivity contribution in [3.8, 4) is 11.5 Å². The van der Waals surface area contributed by atoms with Crippen molar-refractivity contribution in [2.75, 3.05) is 32.8 Å². The molecule has 5 nitrogen and oxygen atoms in total. The molecule has 1 spiro atoms. The molecule has 3 fully saturated rings. The molecule has 4 atom stereocenters. The van der Waals surface area contributed by atoms with E-state index in [0.717, 1.165) is 24.9 Å². The van der Waals surface area contributed by atoms with Crippen LogP contribution in [0.25, 0.3) is 0 Å². The molecule has 216 valence electrons. The molecule has 2 aromatic rings. The molecule has 6 rings (SSSR count). The van der Waals surface area contributed by atoms with E-state index in [1.54, 1.807) is 6.07 Å². The molecule has 1 aliphatic carbocycles. The van der Waals surface area contributed by atoms with E-state index in [1.807, 2.05) is 6.07 Å². The van der Waals surface area contributed by atoms with E-state index in [0.29, 0.717) is 43.7 Å². The number of carbonyl (C=O) groups excluding carboxylic acids is 1. The molecule has 0 aromatic heterocycles. The summed E-state index contributed by atoms with van der Waals surface area (Å²) in [5, 5.41) is 3.47. The fraction of sp³-hybridized carbons (Fsp3) is 0.594. The summed E-state index contributed by atoms with van der Waals surface area (Å²) < 4.78 is 49.9. The molecule has 4 aliphatic rings. The normalized spacial score (nSPS) is 29.2. The average Bonchev–Trinajstić information content (AvgIpc) is 3.40. The highest BCUT2D eigenvalue weighted by Gasteiger charge is 2.53. The van der Waals surface area contributed by atoms with E-state index in [9.17, 15) is 18.0 Å². The Hall–Kier alpha value is -2.74. The van der Waals surface area contributed by atoms with Gasteiger partial charge in [-0.2, -0.15) is 13.2 Å². The van der Waals surface area contributed by atoms with Crippen molar-refractivity contribution in [1.82, 2.24) is 10.2 Å². The van der Waals surface area contributed by atoms with Gasteiger partial charge in [0.25, 0.3) is 0 Å². The van der Waals surface area contributed by atoms with Crippen molar-refractivity contribution in [3.63, 3.8) is 0 Å². The van der Waals surface area contributed by atoms with Gasteiger partial charge in [-0.1, -0.05) is 61.7 Å². The van der Waals surface area contributed by atoms with Crippen molar-refractivity contribution in [2.24, 2.45) is 11.8 Å². The molecule has 1 saturated carbocycles. The topological polar surface area (TPSA) is 50.8 Å². The number of alkyl halides is 3. The number of hydrogen-bond acceptors (Lipinski definition) is 4. The zero-order valence-electron chi connectivity index (χ0n) is 22.9. The second kappa shape index (κ2) is 11.3. The number of benzene rings is 2. The maximum Gasteiger partial charge on any atom is 0.422 e. The molecule has 0 radical (unpaired) electrons. The quantitative estimate of drug-likeness (QED) is 0.475. The summed E-state index contributed by atoms with van der Waals surface area (Å²) in [5.41, 5.74) is 1.62. The number of carbonyl (C=O) groups is 1. The molecule has 2 saturated heterocycles. The van der Waals surface area contributed by atoms with Crippen LogP contribution < -0.4 is 14.8 Å². The van der Waals surface area contributed by atoms with Gasteiger partial charge in [0.05, 0.1) is 12.5 Å². The third-order valence-corrected chi connectivity index (χ3v) is 9.85. The van der Waals surface area contributed by atoms with Crippen LogP contribution in [0.1, 0.15) is 68.4 Å². The van der Waals surface area contributed by atoms with E-state index < -0.39 is 18.2 Å². The lowest BCUT2D eigenvalue weighted by Crippen LogP contribution is -2.55. The Balaban J connectivity index is 1.29. The lowest BCUT2D eigenvalue weighted by atomic mass is 9.67. The number of para-hydroxylation sites is 1. The van der Waals surface area contributed by atoms with Crippen LogP contribution in [0.4, 0.5) is 13.2 Å². The third-order valence-electron chi connectivity index (χ3n) is 9.85. The number of rotatable bonds is 5. The second-order valence-electron chi connectivity index (χ2n) is 12.1. The fourth-order valence-corrected chi connectivity index (χ4v) is 7.89. The first-order chi connectivity index (χ1) is 19.4. The fourth-order valence-electron chi connectivity index (χ4n) is 7.89. The lowest BCUT2D eigenvalue weighted by molar-refractivity contribution is -0.153. The molecule has 3 aliphatic heterocycles. The molecule has 3 heterocycles. The highest BCUT2D eigenvalue weighted by Crippen LogP contribution is 2.51. The Labute approximate surface area is 234 Å². The van der Waals surface area contributed by atoms with Gasteiger partial charge in [-0.05, 0) is 55.6 Å². The first-order valence-electron chi connectivity index (χ1n) is 14.9. The maximum atomic E-state index is 14.6. The van der Waals surface area contributed by atoms with Crippen LogP contribution in [-0.2, 0) is 10.2 Å². The van der Waals surface area contributed by atoms with Gasteiger partial charge in [0.15, 0.2) is 18.1 Å². The molecule has 1 N–H and O–H groups in total. The number of fused-ring (bicyclic) bond motifs is 2. The first-order valence-corrected chi connectivity index (χ1v) is 14.9. The first kappa shape index (κ1) is 27.4. The standard InChI is InChI=1S/C32H39F3N2O3/c33-32(34,35)21-40-28-13-7-12-25-29(28)39-17-15-31(25)20-36-19-26(31)30(38)37-16-14-24(22-8-3-1-4-9-22)18-27(37)23-10-5-2-6-11-23/h1,3-4,7-9,12-13,23-24,26-27,36H,2,5-6,10-11,14-21H2/t24-,26+,27+,31+/m1/s1. The van der Waals surface area contributed by atoms with Crippen molar-refractivity contribution < 1.29 is 27.4 Å². The molecule has 0 bridgehead atoms. The van der Waals surface area contributed by atoms with Gasteiger partial charge >= 0.3 is 6.18 Å². The summed E-state index contributed by atoms with van der Waals surface area (Å²) in [6.07, 6.45) is 4.18. The molecular formula is C32H39F3N2O3. The lowest BCUT2D eigenvalue weighted by Gasteiger charge is -2.48. The Morgan fingerprint density at radius 1 is 1.05 bits per heavy atom. The zero-order chi connectivity index (χ0) is 27.7. The Kier molecular flexibility index (Phi) is 7.73. The van der Waals surface area contributed by atoms with Crippen molar-refractivity contribution in [3.05, 3.63) is 59.7 Å². The highest BCUT2D eigenvalue weighted by atomic mass is 19.4. The maximum absolute atomic E-state index is 14.6. The van der Waals surface area contributed by atoms with Crippen molar-refractivity contribution in [2.45, 2.75) is 74.9 Å². The molecule has 40 heavy (non-hydrogen) atoms. The number of piperidine rings is 1. The van der Waals surface area contributed by atoms with E-state index >= 15 is 0 Å². The van der Waals surface area contributed by atoms with Gasteiger partial charge in [-0.3, -0.25) is 4.79 Å². The van der Waals surface area contributed by atoms with Crippen LogP contribution in [0.5, 0.6) is 11.5 Å². The van der Waals surface area contributed by atoms with Gasteiger partial charge in [0.1, 0.15) is 0 Å². The van der Waals surface area contributed by atoms with Crippen LogP contribution in [-0.4, -0.2) is 55.9 Å². The van der Waals surface area contributed by atoms with Gasteiger partial charge in [-0.15, -0.1) is 0 Å². The number of nitrogens with zero attached hydrogens (tertiary/aromatic N) is 1. The number of ether oxygens (including phenoxy) is 2. The van der Waals surface area contributed by atoms with Gasteiger partial charge in [-0.25, -0.2) is 0 Å². The number of nitrogens with one attached hydrogen (secondary N) is 1. The number of amides is 1. The van der Waals surface area contributed by atoms with E-state index in [4.69, 9.17) is 9.47 Å². The average molecular weight is 557 g/mol. The highest BCUT2D eigenvalue weighted by molar-refractivity contribution is 5.82. The summed E-state index contributed by atoms with van der Waals surface area (Å²) in [6.45, 7) is 0.857. The predicted molar refractivity (Wildman–Crippen MR) is 147 cm³/mol. The summed E-state index contributed by atoms with van der Waals surface area (Å²) in [7, 11) is 0. The summed E-state index contributed by atoms with van der Waals surface area (Å²) in [6, 6.07) is 16.1. The number of likely N-dealkylation sites (tertiary alicyclic amines) is 1. The van der Waals surface area contributed by atoms with Crippen molar-refractivity contribution >= 4 is 5.91 Å².